The summed E-state index contributed by atoms with van der Waals surface area (Å²) >= 11 is 1.33. The first-order valence-corrected chi connectivity index (χ1v) is 7.02. The molecule has 0 bridgehead atoms. The number of hydrogen-bond acceptors (Lipinski definition) is 5. The Labute approximate surface area is 114 Å². The van der Waals surface area contributed by atoms with Gasteiger partial charge in [0.15, 0.2) is 0 Å². The van der Waals surface area contributed by atoms with E-state index in [0.717, 1.165) is 17.8 Å². The first kappa shape index (κ1) is 13.7. The molecule has 102 valence electrons. The molecule has 2 rings (SSSR count). The minimum atomic E-state index is -1.01. The Kier molecular flexibility index (Phi) is 4.26. The van der Waals surface area contributed by atoms with E-state index in [1.54, 1.807) is 0 Å². The summed E-state index contributed by atoms with van der Waals surface area (Å²) in [4.78, 5) is 23.0. The van der Waals surface area contributed by atoms with Crippen LogP contribution < -0.4 is 5.32 Å². The number of nitrogens with zero attached hydrogens (tertiary/aromatic N) is 2. The number of rotatable bonds is 5. The Balaban J connectivity index is 2.08. The first-order valence-electron chi connectivity index (χ1n) is 6.21. The highest BCUT2D eigenvalue weighted by Gasteiger charge is 2.25. The highest BCUT2D eigenvalue weighted by molar-refractivity contribution is 7.15. The summed E-state index contributed by atoms with van der Waals surface area (Å²) < 4.78 is 0. The maximum Gasteiger partial charge on any atom is 0.332 e. The van der Waals surface area contributed by atoms with Gasteiger partial charge in [0.05, 0.1) is 0 Å². The molecule has 1 aliphatic carbocycles. The van der Waals surface area contributed by atoms with Gasteiger partial charge in [0.25, 0.3) is 5.91 Å². The zero-order valence-electron chi connectivity index (χ0n) is 10.6. The monoisotopic (exact) mass is 281 g/mol. The van der Waals surface area contributed by atoms with E-state index >= 15 is 0 Å². The lowest BCUT2D eigenvalue weighted by atomic mass is 10.1. The number of carbonyl (C=O) groups excluding carboxylic acids is 1. The normalized spacial score (nSPS) is 14.8. The molecule has 6 nitrogen and oxygen atoms in total. The van der Waals surface area contributed by atoms with Crippen LogP contribution in [0.15, 0.2) is 11.1 Å². The summed E-state index contributed by atoms with van der Waals surface area (Å²) in [6.45, 7) is 2.04. The van der Waals surface area contributed by atoms with Gasteiger partial charge in [0, 0.05) is 17.6 Å². The van der Waals surface area contributed by atoms with Gasteiger partial charge in [-0.05, 0) is 25.7 Å². The molecule has 19 heavy (non-hydrogen) atoms. The second-order valence-corrected chi connectivity index (χ2v) is 5.38. The summed E-state index contributed by atoms with van der Waals surface area (Å²) in [6, 6.07) is 0. The van der Waals surface area contributed by atoms with Crippen LogP contribution in [0.25, 0.3) is 0 Å². The molecule has 1 aromatic rings. The summed E-state index contributed by atoms with van der Waals surface area (Å²) in [5.41, 5.74) is 0.579. The molecule has 2 N–H and O–H groups in total. The van der Waals surface area contributed by atoms with Crippen molar-refractivity contribution in [2.75, 3.05) is 5.32 Å². The predicted molar refractivity (Wildman–Crippen MR) is 71.0 cm³/mol. The molecular formula is C12H15N3O3S. The Morgan fingerprint density at radius 1 is 1.32 bits per heavy atom. The van der Waals surface area contributed by atoms with Crippen molar-refractivity contribution in [3.63, 3.8) is 0 Å². The summed E-state index contributed by atoms with van der Waals surface area (Å²) in [6.07, 6.45) is 3.47. The number of aromatic nitrogens is 2. The first-order chi connectivity index (χ1) is 9.11. The van der Waals surface area contributed by atoms with Crippen LogP contribution in [0.1, 0.15) is 37.6 Å². The molecule has 0 saturated carbocycles. The van der Waals surface area contributed by atoms with E-state index < -0.39 is 5.97 Å². The molecule has 0 unspecified atom stereocenters. The van der Waals surface area contributed by atoms with E-state index in [0.29, 0.717) is 30.0 Å². The van der Waals surface area contributed by atoms with E-state index in [1.165, 1.54) is 11.3 Å². The van der Waals surface area contributed by atoms with Crippen LogP contribution in [0.2, 0.25) is 0 Å². The Morgan fingerprint density at radius 3 is 2.74 bits per heavy atom. The standard InChI is InChI=1S/C12H15N3O3S/c1-2-4-9-14-15-12(19-9)13-10(16)7-5-3-6-8(7)11(17)18/h2-6H2,1H3,(H,17,18)(H,13,15,16). The lowest BCUT2D eigenvalue weighted by Crippen LogP contribution is -2.16. The Morgan fingerprint density at radius 2 is 2.05 bits per heavy atom. The van der Waals surface area contributed by atoms with Crippen LogP contribution in [-0.2, 0) is 16.0 Å². The highest BCUT2D eigenvalue weighted by atomic mass is 32.1. The lowest BCUT2D eigenvalue weighted by Gasteiger charge is -2.03. The molecule has 7 heteroatoms. The van der Waals surface area contributed by atoms with E-state index in [1.807, 2.05) is 6.92 Å². The third-order valence-corrected chi connectivity index (χ3v) is 3.80. The van der Waals surface area contributed by atoms with Gasteiger partial charge < -0.3 is 5.11 Å². The Bertz CT molecular complexity index is 536. The van der Waals surface area contributed by atoms with E-state index in [9.17, 15) is 9.59 Å². The molecule has 0 aromatic carbocycles. The number of carboxylic acids is 1. The maximum absolute atomic E-state index is 12.0. The smallest absolute Gasteiger partial charge is 0.332 e. The molecular weight excluding hydrogens is 266 g/mol. The minimum absolute atomic E-state index is 0.218. The van der Waals surface area contributed by atoms with Gasteiger partial charge in [-0.2, -0.15) is 0 Å². The number of nitrogens with one attached hydrogen (secondary N) is 1. The van der Waals surface area contributed by atoms with Crippen molar-refractivity contribution >= 4 is 28.3 Å². The van der Waals surface area contributed by atoms with Crippen molar-refractivity contribution in [1.82, 2.24) is 10.2 Å². The quantitative estimate of drug-likeness (QED) is 0.861. The third-order valence-electron chi connectivity index (χ3n) is 2.90. The van der Waals surface area contributed by atoms with Crippen LogP contribution >= 0.6 is 11.3 Å². The van der Waals surface area contributed by atoms with Gasteiger partial charge in [-0.15, -0.1) is 10.2 Å². The van der Waals surface area contributed by atoms with Crippen LogP contribution in [0.5, 0.6) is 0 Å². The van der Waals surface area contributed by atoms with Crippen molar-refractivity contribution in [3.05, 3.63) is 16.2 Å². The van der Waals surface area contributed by atoms with Crippen molar-refractivity contribution in [2.24, 2.45) is 0 Å². The zero-order chi connectivity index (χ0) is 13.8. The number of carbonyl (C=O) groups is 2. The molecule has 0 aliphatic heterocycles. The molecule has 1 amide bonds. The van der Waals surface area contributed by atoms with Crippen molar-refractivity contribution < 1.29 is 14.7 Å². The number of amides is 1. The van der Waals surface area contributed by atoms with E-state index in [4.69, 9.17) is 5.11 Å². The number of aliphatic carboxylic acids is 1. The van der Waals surface area contributed by atoms with Crippen LogP contribution in [0, 0.1) is 0 Å². The predicted octanol–water partition coefficient (Wildman–Crippen LogP) is 1.99. The zero-order valence-corrected chi connectivity index (χ0v) is 11.4. The van der Waals surface area contributed by atoms with Gasteiger partial charge in [0.1, 0.15) is 5.01 Å². The van der Waals surface area contributed by atoms with E-state index in [2.05, 4.69) is 15.5 Å². The Hall–Kier alpha value is -1.76. The number of anilines is 1. The van der Waals surface area contributed by atoms with Crippen LogP contribution in [0.3, 0.4) is 0 Å². The summed E-state index contributed by atoms with van der Waals surface area (Å²) in [7, 11) is 0. The second-order valence-electron chi connectivity index (χ2n) is 4.32. The number of aryl methyl sites for hydroxylation is 1. The molecule has 0 fully saturated rings. The van der Waals surface area contributed by atoms with Gasteiger partial charge >= 0.3 is 5.97 Å². The fraction of sp³-hybridized carbons (Fsp3) is 0.500. The fourth-order valence-corrected chi connectivity index (χ4v) is 2.86. The van der Waals surface area contributed by atoms with Gasteiger partial charge in [-0.3, -0.25) is 10.1 Å². The largest absolute Gasteiger partial charge is 0.478 e. The van der Waals surface area contributed by atoms with Crippen LogP contribution in [0.4, 0.5) is 5.13 Å². The van der Waals surface area contributed by atoms with Crippen molar-refractivity contribution in [1.29, 1.82) is 0 Å². The SMILES string of the molecule is CCCc1nnc(NC(=O)C2=C(C(=O)O)CCC2)s1. The summed E-state index contributed by atoms with van der Waals surface area (Å²) in [5.74, 6) is -1.37. The van der Waals surface area contributed by atoms with Gasteiger partial charge in [-0.1, -0.05) is 18.3 Å². The lowest BCUT2D eigenvalue weighted by molar-refractivity contribution is -0.133. The molecule has 0 spiro atoms. The molecule has 1 aromatic heterocycles. The molecule has 0 radical (unpaired) electrons. The molecule has 0 atom stereocenters. The fourth-order valence-electron chi connectivity index (χ4n) is 2.02. The number of carboxylic acid groups (broad SMARTS) is 1. The summed E-state index contributed by atoms with van der Waals surface area (Å²) in [5, 5.41) is 20.8. The molecule has 1 heterocycles. The average Bonchev–Trinajstić information content (AvgIpc) is 2.98. The van der Waals surface area contributed by atoms with Gasteiger partial charge in [-0.25, -0.2) is 4.79 Å². The minimum Gasteiger partial charge on any atom is -0.478 e. The maximum atomic E-state index is 12.0. The van der Waals surface area contributed by atoms with E-state index in [-0.39, 0.29) is 11.5 Å². The topological polar surface area (TPSA) is 92.2 Å². The van der Waals surface area contributed by atoms with Crippen molar-refractivity contribution in [2.45, 2.75) is 39.0 Å². The highest BCUT2D eigenvalue weighted by Crippen LogP contribution is 2.27. The van der Waals surface area contributed by atoms with Crippen molar-refractivity contribution in [3.8, 4) is 0 Å². The third kappa shape index (κ3) is 3.17. The van der Waals surface area contributed by atoms with Crippen LogP contribution in [-0.4, -0.2) is 27.2 Å². The second kappa shape index (κ2) is 5.92. The molecule has 0 saturated heterocycles. The average molecular weight is 281 g/mol. The number of hydrogen-bond donors (Lipinski definition) is 2. The van der Waals surface area contributed by atoms with Gasteiger partial charge in [0.2, 0.25) is 5.13 Å². The molecule has 1 aliphatic rings.